The van der Waals surface area contributed by atoms with Crippen molar-refractivity contribution in [2.24, 2.45) is 0 Å². The molecular formula is C57H37Cl3S. The van der Waals surface area contributed by atoms with Gasteiger partial charge < -0.3 is 0 Å². The van der Waals surface area contributed by atoms with Gasteiger partial charge in [-0.15, -0.1) is 0 Å². The van der Waals surface area contributed by atoms with Gasteiger partial charge in [-0.05, 0) is 168 Å². The van der Waals surface area contributed by atoms with Crippen LogP contribution in [0, 0.1) is 0 Å². The summed E-state index contributed by atoms with van der Waals surface area (Å²) in [5, 5.41) is 2.23. The highest BCUT2D eigenvalue weighted by atomic mass is 35.5. The molecule has 9 aromatic carbocycles. The molecule has 61 heavy (non-hydrogen) atoms. The first kappa shape index (κ1) is 38.1. The van der Waals surface area contributed by atoms with Gasteiger partial charge in [-0.1, -0.05) is 180 Å². The normalized spacial score (nSPS) is 12.2. The number of fused-ring (bicyclic) bond motifs is 6. The molecule has 9 aromatic rings. The van der Waals surface area contributed by atoms with E-state index in [0.717, 1.165) is 62.0 Å². The maximum absolute atomic E-state index is 7.41. The number of halogens is 3. The van der Waals surface area contributed by atoms with E-state index in [9.17, 15) is 0 Å². The van der Waals surface area contributed by atoms with Crippen molar-refractivity contribution in [3.63, 3.8) is 0 Å². The van der Waals surface area contributed by atoms with Crippen LogP contribution in [0.3, 0.4) is 0 Å². The summed E-state index contributed by atoms with van der Waals surface area (Å²) in [5.74, 6) is 0. The fraction of sp³-hybridized carbons (Fsp3) is 0.0526. The first-order valence-electron chi connectivity index (χ1n) is 20.6. The zero-order chi connectivity index (χ0) is 41.0. The molecule has 11 rings (SSSR count). The third-order valence-corrected chi connectivity index (χ3v) is 14.2. The Morgan fingerprint density at radius 2 is 0.951 bits per heavy atom. The molecule has 0 unspecified atom stereocenters. The third kappa shape index (κ3) is 7.00. The van der Waals surface area contributed by atoms with Crippen LogP contribution in [0.4, 0.5) is 0 Å². The van der Waals surface area contributed by atoms with E-state index in [-0.39, 0.29) is 0 Å². The van der Waals surface area contributed by atoms with Crippen LogP contribution in [0.15, 0.2) is 198 Å². The summed E-state index contributed by atoms with van der Waals surface area (Å²) >= 11 is 22.2. The van der Waals surface area contributed by atoms with E-state index in [2.05, 4.69) is 164 Å². The van der Waals surface area contributed by atoms with Crippen molar-refractivity contribution in [1.29, 1.82) is 0 Å². The molecule has 0 spiro atoms. The summed E-state index contributed by atoms with van der Waals surface area (Å²) in [6, 6.07) is 67.3. The van der Waals surface area contributed by atoms with Crippen LogP contribution < -0.4 is 0 Å². The SMILES string of the molecule is Clc1ccc(-c2c(-c3ccc(Sc4ccccc4-c4c(Cl)cc(Cc5ccccc5)c5c4Cc4ccccc4-5)cc3)cc3c(c2-c2ccc(Cl)cc2)Cc2ccccc2-3)cc1. The predicted molar refractivity (Wildman–Crippen MR) is 260 cm³/mol. The minimum absolute atomic E-state index is 0.715. The monoisotopic (exact) mass is 858 g/mol. The lowest BCUT2D eigenvalue weighted by atomic mass is 9.82. The van der Waals surface area contributed by atoms with Gasteiger partial charge in [0.15, 0.2) is 0 Å². The Hall–Kier alpha value is -5.80. The molecule has 2 aliphatic rings. The van der Waals surface area contributed by atoms with E-state index in [1.807, 2.05) is 24.3 Å². The number of benzene rings is 9. The summed E-state index contributed by atoms with van der Waals surface area (Å²) in [6.07, 6.45) is 2.56. The van der Waals surface area contributed by atoms with Crippen molar-refractivity contribution in [2.45, 2.75) is 29.1 Å². The lowest BCUT2D eigenvalue weighted by molar-refractivity contribution is 1.18. The summed E-state index contributed by atoms with van der Waals surface area (Å²) in [5.41, 5.74) is 22.4. The second-order valence-corrected chi connectivity index (χ2v) is 18.3. The average Bonchev–Trinajstić information content (AvgIpc) is 3.86. The van der Waals surface area contributed by atoms with Crippen LogP contribution in [0.2, 0.25) is 15.1 Å². The molecule has 0 heterocycles. The maximum Gasteiger partial charge on any atom is 0.0490 e. The van der Waals surface area contributed by atoms with E-state index < -0.39 is 0 Å². The smallest absolute Gasteiger partial charge is 0.0490 e. The van der Waals surface area contributed by atoms with Gasteiger partial charge >= 0.3 is 0 Å². The highest BCUT2D eigenvalue weighted by Crippen LogP contribution is 2.52. The lowest BCUT2D eigenvalue weighted by Gasteiger charge is -2.21. The molecule has 0 nitrogen and oxygen atoms in total. The van der Waals surface area contributed by atoms with Crippen LogP contribution in [-0.2, 0) is 19.3 Å². The summed E-state index contributed by atoms with van der Waals surface area (Å²) < 4.78 is 0. The van der Waals surface area contributed by atoms with Crippen molar-refractivity contribution in [2.75, 3.05) is 0 Å². The Balaban J connectivity index is 1.01. The molecule has 4 heteroatoms. The second-order valence-electron chi connectivity index (χ2n) is 15.9. The molecule has 0 aliphatic heterocycles. The Morgan fingerprint density at radius 3 is 1.66 bits per heavy atom. The minimum Gasteiger partial charge on any atom is -0.0894 e. The van der Waals surface area contributed by atoms with E-state index in [1.54, 1.807) is 11.8 Å². The zero-order valence-electron chi connectivity index (χ0n) is 33.1. The van der Waals surface area contributed by atoms with Gasteiger partial charge in [-0.3, -0.25) is 0 Å². The Labute approximate surface area is 376 Å². The van der Waals surface area contributed by atoms with Crippen LogP contribution in [-0.4, -0.2) is 0 Å². The molecule has 0 saturated carbocycles. The Kier molecular flexibility index (Phi) is 9.95. The van der Waals surface area contributed by atoms with Crippen molar-refractivity contribution in [1.82, 2.24) is 0 Å². The molecule has 0 saturated heterocycles. The van der Waals surface area contributed by atoms with Gasteiger partial charge in [0.05, 0.1) is 0 Å². The quantitative estimate of drug-likeness (QED) is 0.147. The zero-order valence-corrected chi connectivity index (χ0v) is 36.1. The summed E-state index contributed by atoms with van der Waals surface area (Å²) in [7, 11) is 0. The van der Waals surface area contributed by atoms with E-state index in [0.29, 0.717) is 5.02 Å². The highest BCUT2D eigenvalue weighted by Gasteiger charge is 2.29. The van der Waals surface area contributed by atoms with E-state index in [1.165, 1.54) is 77.2 Å². The van der Waals surface area contributed by atoms with Crippen molar-refractivity contribution >= 4 is 46.6 Å². The lowest BCUT2D eigenvalue weighted by Crippen LogP contribution is -1.98. The molecule has 292 valence electrons. The maximum atomic E-state index is 7.41. The van der Waals surface area contributed by atoms with Crippen LogP contribution >= 0.6 is 46.6 Å². The van der Waals surface area contributed by atoms with Crippen molar-refractivity contribution in [3.8, 4) is 66.8 Å². The third-order valence-electron chi connectivity index (χ3n) is 12.3. The van der Waals surface area contributed by atoms with Gasteiger partial charge in [0.25, 0.3) is 0 Å². The molecule has 0 fully saturated rings. The fourth-order valence-corrected chi connectivity index (χ4v) is 11.1. The first-order chi connectivity index (χ1) is 30.0. The van der Waals surface area contributed by atoms with Gasteiger partial charge in [0.2, 0.25) is 0 Å². The molecular weight excluding hydrogens is 823 g/mol. The predicted octanol–water partition coefficient (Wildman–Crippen LogP) is 17.2. The van der Waals surface area contributed by atoms with E-state index in [4.69, 9.17) is 34.8 Å². The molecule has 0 bridgehead atoms. The summed E-state index contributed by atoms with van der Waals surface area (Å²) in [4.78, 5) is 2.33. The standard InChI is InChI=1S/C57H37Cl3S/c58-42-24-18-37(19-25-42)55-48(34-49-45-14-6-4-12-39(45)31-50(49)56(55)38-20-26-43(59)27-21-38)36-22-28-44(29-23-36)61-53-17-9-8-16-47(53)57-51-32-40-13-5-7-15-46(40)54(51)41(33-52(57)60)30-35-10-2-1-3-11-35/h1-29,33-34H,30-32H2. The van der Waals surface area contributed by atoms with Crippen LogP contribution in [0.5, 0.6) is 0 Å². The van der Waals surface area contributed by atoms with Gasteiger partial charge in [0.1, 0.15) is 0 Å². The molecule has 0 atom stereocenters. The number of rotatable bonds is 8. The average molecular weight is 860 g/mol. The van der Waals surface area contributed by atoms with Crippen LogP contribution in [0.1, 0.15) is 33.4 Å². The second kappa shape index (κ2) is 15.9. The van der Waals surface area contributed by atoms with E-state index >= 15 is 0 Å². The minimum atomic E-state index is 0.715. The first-order valence-corrected chi connectivity index (χ1v) is 22.6. The highest BCUT2D eigenvalue weighted by molar-refractivity contribution is 7.99. The Bertz CT molecular complexity index is 3130. The number of hydrogen-bond acceptors (Lipinski definition) is 1. The van der Waals surface area contributed by atoms with Crippen molar-refractivity contribution < 1.29 is 0 Å². The topological polar surface area (TPSA) is 0 Å². The molecule has 2 aliphatic carbocycles. The van der Waals surface area contributed by atoms with Gasteiger partial charge in [-0.25, -0.2) is 0 Å². The van der Waals surface area contributed by atoms with Crippen LogP contribution in [0.25, 0.3) is 66.8 Å². The summed E-state index contributed by atoms with van der Waals surface area (Å²) in [6.45, 7) is 0. The molecule has 0 N–H and O–H groups in total. The largest absolute Gasteiger partial charge is 0.0894 e. The Morgan fingerprint density at radius 1 is 0.393 bits per heavy atom. The van der Waals surface area contributed by atoms with Crippen molar-refractivity contribution in [3.05, 3.63) is 237 Å². The number of hydrogen-bond donors (Lipinski definition) is 0. The molecule has 0 amide bonds. The fourth-order valence-electron chi connectivity index (χ4n) is 9.57. The van der Waals surface area contributed by atoms with Gasteiger partial charge in [-0.2, -0.15) is 0 Å². The molecule has 0 aromatic heterocycles. The molecule has 0 radical (unpaired) electrons. The van der Waals surface area contributed by atoms with Gasteiger partial charge in [0, 0.05) is 30.4 Å².